The number of rotatable bonds is 7. The van der Waals surface area contributed by atoms with Crippen LogP contribution < -0.4 is 5.32 Å². The van der Waals surface area contributed by atoms with Gasteiger partial charge in [0.1, 0.15) is 6.04 Å². The molecule has 0 unspecified atom stereocenters. The van der Waals surface area contributed by atoms with Gasteiger partial charge in [-0.25, -0.2) is 0 Å². The molecule has 0 aliphatic heterocycles. The molecule has 0 fully saturated rings. The molecule has 0 radical (unpaired) electrons. The normalized spacial score (nSPS) is 12.2. The second-order valence-electron chi connectivity index (χ2n) is 5.97. The summed E-state index contributed by atoms with van der Waals surface area (Å²) < 4.78 is 0. The number of fused-ring (bicyclic) bond motifs is 1. The van der Waals surface area contributed by atoms with Crippen LogP contribution in [0.4, 0.5) is 0 Å². The Morgan fingerprint density at radius 1 is 0.875 bits per heavy atom. The summed E-state index contributed by atoms with van der Waals surface area (Å²) in [6.45, 7) is 0.647. The largest absolute Gasteiger partial charge is 0.480 e. The van der Waals surface area contributed by atoms with Gasteiger partial charge in [0, 0.05) is 0 Å². The third kappa shape index (κ3) is 4.21. The molecule has 122 valence electrons. The van der Waals surface area contributed by atoms with Crippen LogP contribution in [0.25, 0.3) is 10.8 Å². The summed E-state index contributed by atoms with van der Waals surface area (Å²) in [5.41, 5.74) is 2.24. The minimum absolute atomic E-state index is 0.481. The van der Waals surface area contributed by atoms with Gasteiger partial charge in [-0.15, -0.1) is 0 Å². The van der Waals surface area contributed by atoms with Gasteiger partial charge in [0.05, 0.1) is 0 Å². The third-order valence-corrected chi connectivity index (χ3v) is 4.20. The van der Waals surface area contributed by atoms with Gasteiger partial charge in [-0.05, 0) is 41.3 Å². The van der Waals surface area contributed by atoms with E-state index in [4.69, 9.17) is 0 Å². The molecule has 0 aliphatic carbocycles. The smallest absolute Gasteiger partial charge is 0.321 e. The third-order valence-electron chi connectivity index (χ3n) is 4.20. The van der Waals surface area contributed by atoms with E-state index in [1.165, 1.54) is 10.9 Å². The van der Waals surface area contributed by atoms with Gasteiger partial charge in [0.25, 0.3) is 0 Å². The molecule has 0 amide bonds. The summed E-state index contributed by atoms with van der Waals surface area (Å²) in [5.74, 6) is -0.809. The Morgan fingerprint density at radius 3 is 2.33 bits per heavy atom. The van der Waals surface area contributed by atoms with E-state index in [2.05, 4.69) is 35.6 Å². The Bertz CT molecular complexity index is 814. The van der Waals surface area contributed by atoms with Crippen molar-refractivity contribution in [1.82, 2.24) is 5.32 Å². The number of benzene rings is 3. The van der Waals surface area contributed by atoms with Gasteiger partial charge in [-0.1, -0.05) is 72.8 Å². The van der Waals surface area contributed by atoms with Gasteiger partial charge < -0.3 is 10.4 Å². The Morgan fingerprint density at radius 2 is 1.58 bits per heavy atom. The fourth-order valence-corrected chi connectivity index (χ4v) is 2.88. The molecule has 3 aromatic carbocycles. The van der Waals surface area contributed by atoms with E-state index in [0.29, 0.717) is 13.0 Å². The lowest BCUT2D eigenvalue weighted by molar-refractivity contribution is -0.139. The molecular weight excluding hydrogens is 298 g/mol. The predicted octanol–water partition coefficient (Wildman–Crippen LogP) is 3.67. The Balaban J connectivity index is 1.63. The fourth-order valence-electron chi connectivity index (χ4n) is 2.88. The van der Waals surface area contributed by atoms with E-state index in [9.17, 15) is 9.90 Å². The summed E-state index contributed by atoms with van der Waals surface area (Å²) in [6.07, 6.45) is 1.30. The Kier molecular flexibility index (Phi) is 5.24. The first-order valence-electron chi connectivity index (χ1n) is 8.20. The summed E-state index contributed by atoms with van der Waals surface area (Å²) in [5, 5.41) is 15.0. The van der Waals surface area contributed by atoms with Crippen molar-refractivity contribution in [2.75, 3.05) is 6.54 Å². The lowest BCUT2D eigenvalue weighted by Gasteiger charge is -2.15. The number of carbonyl (C=O) groups is 1. The molecule has 2 N–H and O–H groups in total. The second kappa shape index (κ2) is 7.75. The number of carboxylic acid groups (broad SMARTS) is 1. The van der Waals surface area contributed by atoms with Crippen molar-refractivity contribution in [2.24, 2.45) is 0 Å². The van der Waals surface area contributed by atoms with Crippen molar-refractivity contribution in [2.45, 2.75) is 18.9 Å². The zero-order valence-electron chi connectivity index (χ0n) is 13.5. The average molecular weight is 319 g/mol. The molecule has 24 heavy (non-hydrogen) atoms. The van der Waals surface area contributed by atoms with Crippen LogP contribution in [0.2, 0.25) is 0 Å². The SMILES string of the molecule is O=C(O)[C@H](Cc1ccc2ccccc2c1)NCCc1ccccc1. The Labute approximate surface area is 142 Å². The number of carboxylic acids is 1. The number of aliphatic carboxylic acids is 1. The summed E-state index contributed by atoms with van der Waals surface area (Å²) >= 11 is 0. The zero-order valence-corrected chi connectivity index (χ0v) is 13.5. The highest BCUT2D eigenvalue weighted by Gasteiger charge is 2.17. The highest BCUT2D eigenvalue weighted by Crippen LogP contribution is 2.16. The highest BCUT2D eigenvalue weighted by atomic mass is 16.4. The van der Waals surface area contributed by atoms with Crippen LogP contribution in [0, 0.1) is 0 Å². The molecule has 3 rings (SSSR count). The van der Waals surface area contributed by atoms with Crippen molar-refractivity contribution in [1.29, 1.82) is 0 Å². The molecule has 0 saturated carbocycles. The van der Waals surface area contributed by atoms with Crippen LogP contribution >= 0.6 is 0 Å². The lowest BCUT2D eigenvalue weighted by Crippen LogP contribution is -2.39. The monoisotopic (exact) mass is 319 g/mol. The first kappa shape index (κ1) is 16.2. The molecule has 3 heteroatoms. The summed E-state index contributed by atoms with van der Waals surface area (Å²) in [4.78, 5) is 11.5. The minimum Gasteiger partial charge on any atom is -0.480 e. The molecule has 0 saturated heterocycles. The van der Waals surface area contributed by atoms with Crippen LogP contribution in [0.5, 0.6) is 0 Å². The first-order chi connectivity index (χ1) is 11.7. The van der Waals surface area contributed by atoms with Gasteiger partial charge in [0.2, 0.25) is 0 Å². The predicted molar refractivity (Wildman–Crippen MR) is 97.2 cm³/mol. The summed E-state index contributed by atoms with van der Waals surface area (Å²) in [7, 11) is 0. The van der Waals surface area contributed by atoms with E-state index in [0.717, 1.165) is 17.4 Å². The van der Waals surface area contributed by atoms with E-state index < -0.39 is 12.0 Å². The molecule has 3 nitrogen and oxygen atoms in total. The van der Waals surface area contributed by atoms with Gasteiger partial charge in [-0.3, -0.25) is 4.79 Å². The molecule has 0 aliphatic rings. The van der Waals surface area contributed by atoms with Crippen molar-refractivity contribution in [3.05, 3.63) is 83.9 Å². The second-order valence-corrected chi connectivity index (χ2v) is 5.97. The molecule has 0 aromatic heterocycles. The van der Waals surface area contributed by atoms with Crippen molar-refractivity contribution < 1.29 is 9.90 Å². The first-order valence-corrected chi connectivity index (χ1v) is 8.20. The number of nitrogens with one attached hydrogen (secondary N) is 1. The van der Waals surface area contributed by atoms with Crippen molar-refractivity contribution in [3.8, 4) is 0 Å². The van der Waals surface area contributed by atoms with Gasteiger partial charge >= 0.3 is 5.97 Å². The van der Waals surface area contributed by atoms with Crippen LogP contribution in [0.3, 0.4) is 0 Å². The van der Waals surface area contributed by atoms with E-state index >= 15 is 0 Å². The molecular formula is C21H21NO2. The quantitative estimate of drug-likeness (QED) is 0.698. The molecule has 3 aromatic rings. The average Bonchev–Trinajstić information content (AvgIpc) is 2.61. The standard InChI is InChI=1S/C21H21NO2/c23-21(24)20(22-13-12-16-6-2-1-3-7-16)15-17-10-11-18-8-4-5-9-19(18)14-17/h1-11,14,20,22H,12-13,15H2,(H,23,24)/t20-/m0/s1. The minimum atomic E-state index is -0.809. The van der Waals surface area contributed by atoms with Crippen LogP contribution in [-0.4, -0.2) is 23.7 Å². The van der Waals surface area contributed by atoms with E-state index in [-0.39, 0.29) is 0 Å². The van der Waals surface area contributed by atoms with Crippen molar-refractivity contribution in [3.63, 3.8) is 0 Å². The maximum atomic E-state index is 11.5. The summed E-state index contributed by atoms with van der Waals surface area (Å²) in [6, 6.07) is 23.8. The van der Waals surface area contributed by atoms with Crippen LogP contribution in [0.1, 0.15) is 11.1 Å². The van der Waals surface area contributed by atoms with Crippen molar-refractivity contribution >= 4 is 16.7 Å². The molecule has 1 atom stereocenters. The van der Waals surface area contributed by atoms with Gasteiger partial charge in [0.15, 0.2) is 0 Å². The highest BCUT2D eigenvalue weighted by molar-refractivity contribution is 5.83. The molecule has 0 heterocycles. The van der Waals surface area contributed by atoms with Crippen LogP contribution in [-0.2, 0) is 17.6 Å². The van der Waals surface area contributed by atoms with E-state index in [1.54, 1.807) is 0 Å². The number of hydrogen-bond donors (Lipinski definition) is 2. The van der Waals surface area contributed by atoms with E-state index in [1.807, 2.05) is 42.5 Å². The molecule has 0 bridgehead atoms. The lowest BCUT2D eigenvalue weighted by atomic mass is 10.0. The van der Waals surface area contributed by atoms with Gasteiger partial charge in [-0.2, -0.15) is 0 Å². The molecule has 0 spiro atoms. The topological polar surface area (TPSA) is 49.3 Å². The maximum Gasteiger partial charge on any atom is 0.321 e. The Hall–Kier alpha value is -2.65. The fraction of sp³-hybridized carbons (Fsp3) is 0.190. The number of hydrogen-bond acceptors (Lipinski definition) is 2. The maximum absolute atomic E-state index is 11.5. The van der Waals surface area contributed by atoms with Crippen LogP contribution in [0.15, 0.2) is 72.8 Å². The zero-order chi connectivity index (χ0) is 16.8.